The summed E-state index contributed by atoms with van der Waals surface area (Å²) in [6.07, 6.45) is -1.07. The molecule has 6 heteroatoms. The van der Waals surface area contributed by atoms with E-state index in [-0.39, 0.29) is 25.4 Å². The zero-order chi connectivity index (χ0) is 11.6. The van der Waals surface area contributed by atoms with E-state index in [9.17, 15) is 9.59 Å². The van der Waals surface area contributed by atoms with E-state index in [4.69, 9.17) is 15.3 Å². The van der Waals surface area contributed by atoms with Gasteiger partial charge in [0.15, 0.2) is 0 Å². The Morgan fingerprint density at radius 2 is 1.71 bits per heavy atom. The minimum Gasteiger partial charge on any atom is -0.469 e. The number of Topliss-reactive ketones (excluding diaryl/α,β-unsaturated/α-hetero) is 1. The van der Waals surface area contributed by atoms with Crippen molar-refractivity contribution in [2.75, 3.05) is 20.3 Å². The number of ether oxygens (including phenoxy) is 1. The molecule has 0 spiro atoms. The van der Waals surface area contributed by atoms with E-state index in [0.29, 0.717) is 0 Å². The predicted octanol–water partition coefficient (Wildman–Crippen LogP) is -1.53. The molecule has 0 aromatic carbocycles. The van der Waals surface area contributed by atoms with Crippen LogP contribution in [0.1, 0.15) is 13.3 Å². The fourth-order valence-corrected chi connectivity index (χ4v) is 0.333. The number of esters is 1. The first-order valence-corrected chi connectivity index (χ1v) is 3.93. The summed E-state index contributed by atoms with van der Waals surface area (Å²) >= 11 is 0. The molecule has 14 heavy (non-hydrogen) atoms. The molecule has 0 aliphatic rings. The lowest BCUT2D eigenvalue weighted by atomic mass is 10.3. The van der Waals surface area contributed by atoms with Crippen molar-refractivity contribution in [3.8, 4) is 0 Å². The van der Waals surface area contributed by atoms with Gasteiger partial charge in [0.05, 0.1) is 20.3 Å². The van der Waals surface area contributed by atoms with Crippen LogP contribution >= 0.6 is 0 Å². The van der Waals surface area contributed by atoms with E-state index in [0.717, 1.165) is 0 Å². The fourth-order valence-electron chi connectivity index (χ4n) is 0.333. The summed E-state index contributed by atoms with van der Waals surface area (Å²) < 4.78 is 4.20. The summed E-state index contributed by atoms with van der Waals surface area (Å²) in [7, 11) is 1.26. The van der Waals surface area contributed by atoms with E-state index in [1.54, 1.807) is 0 Å². The van der Waals surface area contributed by atoms with Crippen LogP contribution in [0.2, 0.25) is 0 Å². The zero-order valence-corrected chi connectivity index (χ0v) is 8.27. The Hall–Kier alpha value is -0.980. The molecule has 3 N–H and O–H groups in total. The van der Waals surface area contributed by atoms with Gasteiger partial charge in [-0.15, -0.1) is 0 Å². The molecule has 0 aromatic heterocycles. The minimum atomic E-state index is -0.954. The van der Waals surface area contributed by atoms with Gasteiger partial charge in [-0.2, -0.15) is 0 Å². The predicted molar refractivity (Wildman–Crippen MR) is 47.5 cm³/mol. The molecule has 0 aliphatic heterocycles. The molecule has 0 fully saturated rings. The quantitative estimate of drug-likeness (QED) is 0.382. The topological polar surface area (TPSA) is 104 Å². The third kappa shape index (κ3) is 13.6. The second-order valence-electron chi connectivity index (χ2n) is 2.47. The summed E-state index contributed by atoms with van der Waals surface area (Å²) in [5.74, 6) is -0.644. The van der Waals surface area contributed by atoms with Crippen LogP contribution in [0.4, 0.5) is 0 Å². The molecule has 0 saturated heterocycles. The first-order valence-electron chi connectivity index (χ1n) is 3.93. The number of rotatable bonds is 4. The van der Waals surface area contributed by atoms with Crippen LogP contribution in [-0.2, 0) is 14.3 Å². The van der Waals surface area contributed by atoms with Crippen molar-refractivity contribution in [1.29, 1.82) is 0 Å². The SMILES string of the molecule is COC(=O)CC(C)=O.OCC(O)CO. The number of hydrogen-bond donors (Lipinski definition) is 3. The molecule has 84 valence electrons. The van der Waals surface area contributed by atoms with Crippen LogP contribution in [-0.4, -0.2) is 53.5 Å². The summed E-state index contributed by atoms with van der Waals surface area (Å²) in [6, 6.07) is 0. The molecular weight excluding hydrogens is 192 g/mol. The number of carbonyl (C=O) groups excluding carboxylic acids is 2. The van der Waals surface area contributed by atoms with Crippen LogP contribution in [0.25, 0.3) is 0 Å². The van der Waals surface area contributed by atoms with Gasteiger partial charge in [0.25, 0.3) is 0 Å². The van der Waals surface area contributed by atoms with Crippen LogP contribution in [0.5, 0.6) is 0 Å². The maximum atomic E-state index is 10.2. The smallest absolute Gasteiger partial charge is 0.313 e. The molecule has 0 rings (SSSR count). The van der Waals surface area contributed by atoms with Crippen molar-refractivity contribution in [1.82, 2.24) is 0 Å². The van der Waals surface area contributed by atoms with Crippen LogP contribution in [0, 0.1) is 0 Å². The van der Waals surface area contributed by atoms with E-state index in [1.807, 2.05) is 0 Å². The Kier molecular flexibility index (Phi) is 11.2. The molecular formula is C8H16O6. The molecule has 0 unspecified atom stereocenters. The van der Waals surface area contributed by atoms with Crippen molar-refractivity contribution < 1.29 is 29.6 Å². The molecule has 6 nitrogen and oxygen atoms in total. The van der Waals surface area contributed by atoms with E-state index in [1.165, 1.54) is 14.0 Å². The first kappa shape index (κ1) is 15.5. The Bertz CT molecular complexity index is 163. The number of aliphatic hydroxyl groups excluding tert-OH is 3. The number of hydrogen-bond acceptors (Lipinski definition) is 6. The van der Waals surface area contributed by atoms with Gasteiger partial charge in [0.2, 0.25) is 0 Å². The third-order valence-electron chi connectivity index (χ3n) is 1.04. The lowest BCUT2D eigenvalue weighted by Crippen LogP contribution is -2.15. The summed E-state index contributed by atoms with van der Waals surface area (Å²) in [4.78, 5) is 20.3. The third-order valence-corrected chi connectivity index (χ3v) is 1.04. The highest BCUT2D eigenvalue weighted by molar-refractivity contribution is 5.93. The van der Waals surface area contributed by atoms with Gasteiger partial charge in [-0.3, -0.25) is 9.59 Å². The molecule has 0 atom stereocenters. The van der Waals surface area contributed by atoms with Crippen molar-refractivity contribution in [3.05, 3.63) is 0 Å². The summed E-state index contributed by atoms with van der Waals surface area (Å²) in [6.45, 7) is 0.615. The van der Waals surface area contributed by atoms with Crippen molar-refractivity contribution in [3.63, 3.8) is 0 Å². The number of methoxy groups -OCH3 is 1. The lowest BCUT2D eigenvalue weighted by molar-refractivity contribution is -0.142. The Morgan fingerprint density at radius 3 is 1.79 bits per heavy atom. The molecule has 0 aromatic rings. The lowest BCUT2D eigenvalue weighted by Gasteiger charge is -1.96. The second-order valence-corrected chi connectivity index (χ2v) is 2.47. The van der Waals surface area contributed by atoms with Crippen LogP contribution < -0.4 is 0 Å². The standard InChI is InChI=1S/C5H8O3.C3H8O3/c1-4(6)3-5(7)8-2;4-1-3(6)2-5/h3H2,1-2H3;3-6H,1-2H2. The molecule has 0 radical (unpaired) electrons. The van der Waals surface area contributed by atoms with Gasteiger partial charge in [-0.05, 0) is 6.92 Å². The van der Waals surface area contributed by atoms with Gasteiger partial charge < -0.3 is 20.1 Å². The van der Waals surface area contributed by atoms with Crippen molar-refractivity contribution in [2.45, 2.75) is 19.4 Å². The molecule has 0 aliphatic carbocycles. The monoisotopic (exact) mass is 208 g/mol. The van der Waals surface area contributed by atoms with E-state index in [2.05, 4.69) is 4.74 Å². The van der Waals surface area contributed by atoms with Crippen LogP contribution in [0.15, 0.2) is 0 Å². The van der Waals surface area contributed by atoms with Gasteiger partial charge >= 0.3 is 5.97 Å². The molecule has 0 saturated carbocycles. The Labute approximate surface area is 82.1 Å². The average molecular weight is 208 g/mol. The van der Waals surface area contributed by atoms with Crippen molar-refractivity contribution >= 4 is 11.8 Å². The number of ketones is 1. The highest BCUT2D eigenvalue weighted by Gasteiger charge is 2.01. The highest BCUT2D eigenvalue weighted by Crippen LogP contribution is 1.83. The maximum absolute atomic E-state index is 10.2. The average Bonchev–Trinajstić information content (AvgIpc) is 2.16. The zero-order valence-electron chi connectivity index (χ0n) is 8.27. The van der Waals surface area contributed by atoms with Crippen molar-refractivity contribution in [2.24, 2.45) is 0 Å². The summed E-state index contributed by atoms with van der Waals surface area (Å²) in [5, 5.41) is 24.0. The van der Waals surface area contributed by atoms with E-state index < -0.39 is 12.1 Å². The largest absolute Gasteiger partial charge is 0.469 e. The van der Waals surface area contributed by atoms with Gasteiger partial charge in [0, 0.05) is 0 Å². The van der Waals surface area contributed by atoms with E-state index >= 15 is 0 Å². The van der Waals surface area contributed by atoms with Gasteiger partial charge in [0.1, 0.15) is 18.3 Å². The highest BCUT2D eigenvalue weighted by atomic mass is 16.5. The number of aliphatic hydroxyl groups is 3. The normalized spacial score (nSPS) is 9.00. The molecule has 0 bridgehead atoms. The van der Waals surface area contributed by atoms with Gasteiger partial charge in [-0.25, -0.2) is 0 Å². The second kappa shape index (κ2) is 10.1. The summed E-state index contributed by atoms with van der Waals surface area (Å²) in [5.41, 5.74) is 0. The Morgan fingerprint density at radius 1 is 1.29 bits per heavy atom. The minimum absolute atomic E-state index is 0.115. The van der Waals surface area contributed by atoms with Gasteiger partial charge in [-0.1, -0.05) is 0 Å². The molecule has 0 heterocycles. The first-order chi connectivity index (χ1) is 6.47. The maximum Gasteiger partial charge on any atom is 0.313 e. The number of carbonyl (C=O) groups is 2. The molecule has 0 amide bonds. The fraction of sp³-hybridized carbons (Fsp3) is 0.750. The van der Waals surface area contributed by atoms with Crippen LogP contribution in [0.3, 0.4) is 0 Å². The Balaban J connectivity index is 0.